The SMILES string of the molecule is CCNC(C)CC(C)N(C)CCc1ccccc1. The summed E-state index contributed by atoms with van der Waals surface area (Å²) in [6, 6.07) is 12.0. The van der Waals surface area contributed by atoms with E-state index in [0.717, 1.165) is 19.5 Å². The maximum absolute atomic E-state index is 3.48. The summed E-state index contributed by atoms with van der Waals surface area (Å²) in [6.07, 6.45) is 2.34. The quantitative estimate of drug-likeness (QED) is 0.761. The van der Waals surface area contributed by atoms with Crippen molar-refractivity contribution in [1.82, 2.24) is 10.2 Å². The maximum Gasteiger partial charge on any atom is 0.00787 e. The van der Waals surface area contributed by atoms with E-state index in [0.29, 0.717) is 12.1 Å². The van der Waals surface area contributed by atoms with Gasteiger partial charge in [-0.15, -0.1) is 0 Å². The van der Waals surface area contributed by atoms with E-state index >= 15 is 0 Å². The fourth-order valence-corrected chi connectivity index (χ4v) is 2.29. The Bertz CT molecular complexity index is 310. The Kier molecular flexibility index (Phi) is 6.99. The lowest BCUT2D eigenvalue weighted by atomic mass is 10.1. The van der Waals surface area contributed by atoms with Crippen molar-refractivity contribution in [3.63, 3.8) is 0 Å². The second kappa shape index (κ2) is 8.28. The lowest BCUT2D eigenvalue weighted by Crippen LogP contribution is -2.37. The van der Waals surface area contributed by atoms with Crippen LogP contribution in [0.5, 0.6) is 0 Å². The normalized spacial score (nSPS) is 14.7. The first kappa shape index (κ1) is 15.2. The maximum atomic E-state index is 3.48. The molecule has 2 heteroatoms. The largest absolute Gasteiger partial charge is 0.314 e. The van der Waals surface area contributed by atoms with E-state index in [-0.39, 0.29) is 0 Å². The summed E-state index contributed by atoms with van der Waals surface area (Å²) in [4.78, 5) is 2.46. The molecule has 0 aliphatic heterocycles. The van der Waals surface area contributed by atoms with Gasteiger partial charge in [-0.1, -0.05) is 37.3 Å². The molecule has 0 aliphatic carbocycles. The molecule has 1 aromatic rings. The molecule has 0 saturated carbocycles. The van der Waals surface area contributed by atoms with Gasteiger partial charge in [-0.25, -0.2) is 0 Å². The van der Waals surface area contributed by atoms with Crippen molar-refractivity contribution < 1.29 is 0 Å². The van der Waals surface area contributed by atoms with Crippen LogP contribution in [0.2, 0.25) is 0 Å². The average molecular weight is 248 g/mol. The van der Waals surface area contributed by atoms with Crippen LogP contribution < -0.4 is 5.32 Å². The van der Waals surface area contributed by atoms with Gasteiger partial charge in [0.2, 0.25) is 0 Å². The standard InChI is InChI=1S/C16H28N2/c1-5-17-14(2)13-15(3)18(4)12-11-16-9-7-6-8-10-16/h6-10,14-15,17H,5,11-13H2,1-4H3. The predicted octanol–water partition coefficient (Wildman–Crippen LogP) is 2.94. The Morgan fingerprint density at radius 1 is 1.17 bits per heavy atom. The summed E-state index contributed by atoms with van der Waals surface area (Å²) in [5, 5.41) is 3.48. The number of rotatable bonds is 8. The fourth-order valence-electron chi connectivity index (χ4n) is 2.29. The monoisotopic (exact) mass is 248 g/mol. The third-order valence-electron chi connectivity index (χ3n) is 3.60. The summed E-state index contributed by atoms with van der Waals surface area (Å²) >= 11 is 0. The van der Waals surface area contributed by atoms with Crippen LogP contribution in [-0.2, 0) is 6.42 Å². The molecule has 0 spiro atoms. The Hall–Kier alpha value is -0.860. The molecule has 18 heavy (non-hydrogen) atoms. The third kappa shape index (κ3) is 5.65. The fraction of sp³-hybridized carbons (Fsp3) is 0.625. The molecule has 1 aromatic carbocycles. The zero-order valence-corrected chi connectivity index (χ0v) is 12.3. The molecule has 0 aromatic heterocycles. The second-order valence-corrected chi connectivity index (χ2v) is 5.26. The predicted molar refractivity (Wildman–Crippen MR) is 80.0 cm³/mol. The van der Waals surface area contributed by atoms with E-state index in [2.05, 4.69) is 68.4 Å². The zero-order valence-electron chi connectivity index (χ0n) is 12.3. The van der Waals surface area contributed by atoms with Gasteiger partial charge in [-0.05, 0) is 45.8 Å². The Morgan fingerprint density at radius 2 is 1.83 bits per heavy atom. The van der Waals surface area contributed by atoms with E-state index < -0.39 is 0 Å². The molecule has 1 rings (SSSR count). The highest BCUT2D eigenvalue weighted by atomic mass is 15.1. The van der Waals surface area contributed by atoms with E-state index in [1.165, 1.54) is 12.0 Å². The molecule has 0 amide bonds. The number of hydrogen-bond acceptors (Lipinski definition) is 2. The number of nitrogens with one attached hydrogen (secondary N) is 1. The second-order valence-electron chi connectivity index (χ2n) is 5.26. The molecule has 2 nitrogen and oxygen atoms in total. The van der Waals surface area contributed by atoms with Crippen LogP contribution >= 0.6 is 0 Å². The van der Waals surface area contributed by atoms with Gasteiger partial charge in [0, 0.05) is 18.6 Å². The molecule has 102 valence electrons. The van der Waals surface area contributed by atoms with Crippen LogP contribution in [0.1, 0.15) is 32.8 Å². The van der Waals surface area contributed by atoms with Crippen LogP contribution in [0.3, 0.4) is 0 Å². The van der Waals surface area contributed by atoms with Crippen molar-refractivity contribution in [1.29, 1.82) is 0 Å². The minimum atomic E-state index is 0.601. The van der Waals surface area contributed by atoms with Gasteiger partial charge in [-0.3, -0.25) is 0 Å². The van der Waals surface area contributed by atoms with E-state index in [1.54, 1.807) is 0 Å². The number of hydrogen-bond donors (Lipinski definition) is 1. The Labute approximate surface area is 112 Å². The molecule has 0 heterocycles. The molecule has 1 N–H and O–H groups in total. The number of likely N-dealkylation sites (N-methyl/N-ethyl adjacent to an activating group) is 1. The molecule has 0 radical (unpaired) electrons. The first-order valence-corrected chi connectivity index (χ1v) is 7.11. The van der Waals surface area contributed by atoms with Gasteiger partial charge in [-0.2, -0.15) is 0 Å². The van der Waals surface area contributed by atoms with E-state index in [1.807, 2.05) is 0 Å². The molecule has 0 aliphatic rings. The van der Waals surface area contributed by atoms with Gasteiger partial charge < -0.3 is 10.2 Å². The highest BCUT2D eigenvalue weighted by molar-refractivity contribution is 5.14. The minimum absolute atomic E-state index is 0.601. The van der Waals surface area contributed by atoms with Crippen LogP contribution in [0.4, 0.5) is 0 Å². The highest BCUT2D eigenvalue weighted by Crippen LogP contribution is 2.07. The Balaban J connectivity index is 2.29. The summed E-state index contributed by atoms with van der Waals surface area (Å²) in [5.74, 6) is 0. The summed E-state index contributed by atoms with van der Waals surface area (Å²) in [6.45, 7) is 8.94. The van der Waals surface area contributed by atoms with Gasteiger partial charge >= 0.3 is 0 Å². The topological polar surface area (TPSA) is 15.3 Å². The number of nitrogens with zero attached hydrogens (tertiary/aromatic N) is 1. The lowest BCUT2D eigenvalue weighted by molar-refractivity contribution is 0.233. The molecule has 0 fully saturated rings. The first-order valence-electron chi connectivity index (χ1n) is 7.11. The van der Waals surface area contributed by atoms with Crippen molar-refractivity contribution in [2.24, 2.45) is 0 Å². The van der Waals surface area contributed by atoms with Crippen molar-refractivity contribution in [3.8, 4) is 0 Å². The van der Waals surface area contributed by atoms with Crippen LogP contribution in [0.15, 0.2) is 30.3 Å². The van der Waals surface area contributed by atoms with Crippen molar-refractivity contribution >= 4 is 0 Å². The lowest BCUT2D eigenvalue weighted by Gasteiger charge is -2.27. The molecule has 2 unspecified atom stereocenters. The van der Waals surface area contributed by atoms with Gasteiger partial charge in [0.05, 0.1) is 0 Å². The summed E-state index contributed by atoms with van der Waals surface area (Å²) in [7, 11) is 2.23. The summed E-state index contributed by atoms with van der Waals surface area (Å²) < 4.78 is 0. The van der Waals surface area contributed by atoms with Crippen molar-refractivity contribution in [2.75, 3.05) is 20.1 Å². The van der Waals surface area contributed by atoms with E-state index in [4.69, 9.17) is 0 Å². The van der Waals surface area contributed by atoms with Gasteiger partial charge in [0.15, 0.2) is 0 Å². The molecule has 0 bridgehead atoms. The van der Waals surface area contributed by atoms with E-state index in [9.17, 15) is 0 Å². The van der Waals surface area contributed by atoms with Crippen LogP contribution in [-0.4, -0.2) is 37.1 Å². The van der Waals surface area contributed by atoms with Gasteiger partial charge in [0.25, 0.3) is 0 Å². The first-order chi connectivity index (χ1) is 8.63. The minimum Gasteiger partial charge on any atom is -0.314 e. The van der Waals surface area contributed by atoms with Crippen LogP contribution in [0.25, 0.3) is 0 Å². The number of benzene rings is 1. The van der Waals surface area contributed by atoms with Crippen LogP contribution in [0, 0.1) is 0 Å². The smallest absolute Gasteiger partial charge is 0.00787 e. The Morgan fingerprint density at radius 3 is 2.44 bits per heavy atom. The van der Waals surface area contributed by atoms with Crippen molar-refractivity contribution in [3.05, 3.63) is 35.9 Å². The molecule has 0 saturated heterocycles. The highest BCUT2D eigenvalue weighted by Gasteiger charge is 2.12. The molecular weight excluding hydrogens is 220 g/mol. The third-order valence-corrected chi connectivity index (χ3v) is 3.60. The molecule has 2 atom stereocenters. The molecular formula is C16H28N2. The van der Waals surface area contributed by atoms with Gasteiger partial charge in [0.1, 0.15) is 0 Å². The van der Waals surface area contributed by atoms with Crippen molar-refractivity contribution in [2.45, 2.75) is 45.7 Å². The average Bonchev–Trinajstić information content (AvgIpc) is 2.37. The summed E-state index contributed by atoms with van der Waals surface area (Å²) in [5.41, 5.74) is 1.43. The zero-order chi connectivity index (χ0) is 13.4.